The zero-order valence-corrected chi connectivity index (χ0v) is 9.56. The van der Waals surface area contributed by atoms with Gasteiger partial charge in [-0.1, -0.05) is 0 Å². The van der Waals surface area contributed by atoms with Gasteiger partial charge in [-0.3, -0.25) is 0 Å². The summed E-state index contributed by atoms with van der Waals surface area (Å²) in [6, 6.07) is 3.70. The highest BCUT2D eigenvalue weighted by Crippen LogP contribution is 2.39. The van der Waals surface area contributed by atoms with Crippen molar-refractivity contribution in [3.05, 3.63) is 12.1 Å². The summed E-state index contributed by atoms with van der Waals surface area (Å²) < 4.78 is 11.0. The summed E-state index contributed by atoms with van der Waals surface area (Å²) >= 11 is 0. The summed E-state index contributed by atoms with van der Waals surface area (Å²) in [5.74, 6) is 1.44. The molecule has 0 aliphatic carbocycles. The molecule has 1 fully saturated rings. The van der Waals surface area contributed by atoms with Crippen LogP contribution in [0.3, 0.4) is 0 Å². The van der Waals surface area contributed by atoms with E-state index in [0.717, 1.165) is 24.4 Å². The van der Waals surface area contributed by atoms with E-state index in [9.17, 15) is 5.11 Å². The molecule has 0 amide bonds. The lowest BCUT2D eigenvalue weighted by atomic mass is 10.2. The van der Waals surface area contributed by atoms with Gasteiger partial charge in [0, 0.05) is 25.2 Å². The van der Waals surface area contributed by atoms with Crippen LogP contribution in [0.2, 0.25) is 0 Å². The lowest BCUT2D eigenvalue weighted by Gasteiger charge is -2.24. The molecule has 0 saturated carbocycles. The molecule has 3 N–H and O–H groups in total. The molecule has 0 aromatic heterocycles. The molecule has 2 aliphatic heterocycles. The van der Waals surface area contributed by atoms with E-state index in [-0.39, 0.29) is 6.10 Å². The number of aliphatic hydroxyl groups is 1. The SMILES string of the molecule is Nc1cc2c(cc1N1CCC(O)C1)OCCO2. The van der Waals surface area contributed by atoms with Crippen molar-refractivity contribution in [3.8, 4) is 11.5 Å². The predicted octanol–water partition coefficient (Wildman–Crippen LogP) is 0.611. The number of fused-ring (bicyclic) bond motifs is 1. The highest BCUT2D eigenvalue weighted by Gasteiger charge is 2.24. The minimum absolute atomic E-state index is 0.261. The zero-order chi connectivity index (χ0) is 11.8. The highest BCUT2D eigenvalue weighted by atomic mass is 16.6. The Bertz CT molecular complexity index is 436. The van der Waals surface area contributed by atoms with Crippen molar-refractivity contribution in [2.24, 2.45) is 0 Å². The Morgan fingerprint density at radius 1 is 1.24 bits per heavy atom. The fourth-order valence-corrected chi connectivity index (χ4v) is 2.33. The van der Waals surface area contributed by atoms with Crippen molar-refractivity contribution in [3.63, 3.8) is 0 Å². The largest absolute Gasteiger partial charge is 0.486 e. The molecule has 17 heavy (non-hydrogen) atoms. The maximum absolute atomic E-state index is 9.55. The molecule has 5 heteroatoms. The number of nitrogen functional groups attached to an aromatic ring is 1. The van der Waals surface area contributed by atoms with E-state index in [2.05, 4.69) is 4.90 Å². The van der Waals surface area contributed by atoms with Crippen LogP contribution >= 0.6 is 0 Å². The summed E-state index contributed by atoms with van der Waals surface area (Å²) in [7, 11) is 0. The number of hydrogen-bond acceptors (Lipinski definition) is 5. The Morgan fingerprint density at radius 2 is 1.94 bits per heavy atom. The molecule has 1 saturated heterocycles. The number of benzene rings is 1. The first kappa shape index (κ1) is 10.5. The Balaban J connectivity index is 1.94. The van der Waals surface area contributed by atoms with E-state index in [1.54, 1.807) is 6.07 Å². The average molecular weight is 236 g/mol. The average Bonchev–Trinajstić information content (AvgIpc) is 2.75. The maximum Gasteiger partial charge on any atom is 0.163 e. The topological polar surface area (TPSA) is 68.0 Å². The highest BCUT2D eigenvalue weighted by molar-refractivity contribution is 5.73. The number of ether oxygens (including phenoxy) is 2. The van der Waals surface area contributed by atoms with E-state index in [0.29, 0.717) is 31.2 Å². The maximum atomic E-state index is 9.55. The molecule has 3 rings (SSSR count). The quantitative estimate of drug-likeness (QED) is 0.699. The summed E-state index contributed by atoms with van der Waals surface area (Å²) in [6.45, 7) is 2.59. The first-order valence-electron chi connectivity index (χ1n) is 5.86. The van der Waals surface area contributed by atoms with Gasteiger partial charge in [0.25, 0.3) is 0 Å². The summed E-state index contributed by atoms with van der Waals surface area (Å²) in [5, 5.41) is 9.55. The number of nitrogens with two attached hydrogens (primary N) is 1. The fourth-order valence-electron chi connectivity index (χ4n) is 2.33. The van der Waals surface area contributed by atoms with Crippen molar-refractivity contribution in [1.29, 1.82) is 0 Å². The van der Waals surface area contributed by atoms with Gasteiger partial charge >= 0.3 is 0 Å². The number of nitrogens with zero attached hydrogens (tertiary/aromatic N) is 1. The first-order chi connectivity index (χ1) is 8.24. The summed E-state index contributed by atoms with van der Waals surface area (Å²) in [5.41, 5.74) is 7.60. The number of rotatable bonds is 1. The van der Waals surface area contributed by atoms with Crippen molar-refractivity contribution in [1.82, 2.24) is 0 Å². The smallest absolute Gasteiger partial charge is 0.163 e. The molecule has 2 aliphatic rings. The van der Waals surface area contributed by atoms with Crippen molar-refractivity contribution >= 4 is 11.4 Å². The first-order valence-corrected chi connectivity index (χ1v) is 5.86. The van der Waals surface area contributed by atoms with Gasteiger partial charge in [0.05, 0.1) is 17.5 Å². The van der Waals surface area contributed by atoms with Crippen LogP contribution in [0.15, 0.2) is 12.1 Å². The fraction of sp³-hybridized carbons (Fsp3) is 0.500. The van der Waals surface area contributed by atoms with Gasteiger partial charge in [-0.05, 0) is 6.42 Å². The number of β-amino-alcohol motifs (C(OH)–C–C–N with tert-alkyl or cyclic N) is 1. The van der Waals surface area contributed by atoms with Crippen LogP contribution in [0, 0.1) is 0 Å². The van der Waals surface area contributed by atoms with Gasteiger partial charge in [-0.2, -0.15) is 0 Å². The molecule has 0 spiro atoms. The Labute approximate surface area is 99.7 Å². The van der Waals surface area contributed by atoms with Gasteiger partial charge < -0.3 is 25.2 Å². The van der Waals surface area contributed by atoms with E-state index in [1.807, 2.05) is 6.07 Å². The van der Waals surface area contributed by atoms with Crippen molar-refractivity contribution in [2.75, 3.05) is 36.9 Å². The molecule has 92 valence electrons. The standard InChI is InChI=1S/C12H16N2O3/c13-9-5-11-12(17-4-3-16-11)6-10(9)14-2-1-8(15)7-14/h5-6,8,15H,1-4,7,13H2. The Morgan fingerprint density at radius 3 is 2.59 bits per heavy atom. The Kier molecular flexibility index (Phi) is 2.48. The second kappa shape index (κ2) is 4.00. The third-order valence-electron chi connectivity index (χ3n) is 3.20. The van der Waals surface area contributed by atoms with Crippen LogP contribution in [0.5, 0.6) is 11.5 Å². The van der Waals surface area contributed by atoms with Crippen LogP contribution in [0.25, 0.3) is 0 Å². The number of anilines is 2. The third-order valence-corrected chi connectivity index (χ3v) is 3.20. The van der Waals surface area contributed by atoms with Crippen LogP contribution in [-0.2, 0) is 0 Å². The molecule has 1 aromatic carbocycles. The van der Waals surface area contributed by atoms with Crippen molar-refractivity contribution < 1.29 is 14.6 Å². The van der Waals surface area contributed by atoms with Gasteiger partial charge in [0.2, 0.25) is 0 Å². The van der Waals surface area contributed by atoms with E-state index >= 15 is 0 Å². The molecule has 1 aromatic rings. The molecule has 0 bridgehead atoms. The normalized spacial score (nSPS) is 22.9. The van der Waals surface area contributed by atoms with Gasteiger partial charge in [0.1, 0.15) is 13.2 Å². The van der Waals surface area contributed by atoms with Gasteiger partial charge in [-0.15, -0.1) is 0 Å². The monoisotopic (exact) mass is 236 g/mol. The molecular formula is C12H16N2O3. The zero-order valence-electron chi connectivity index (χ0n) is 9.56. The molecule has 1 atom stereocenters. The Hall–Kier alpha value is -1.62. The van der Waals surface area contributed by atoms with E-state index in [4.69, 9.17) is 15.2 Å². The lowest BCUT2D eigenvalue weighted by molar-refractivity contribution is 0.172. The van der Waals surface area contributed by atoms with Crippen molar-refractivity contribution in [2.45, 2.75) is 12.5 Å². The second-order valence-electron chi connectivity index (χ2n) is 4.44. The van der Waals surface area contributed by atoms with Gasteiger partial charge in [-0.25, -0.2) is 0 Å². The second-order valence-corrected chi connectivity index (χ2v) is 4.44. The predicted molar refractivity (Wildman–Crippen MR) is 64.7 cm³/mol. The lowest BCUT2D eigenvalue weighted by Crippen LogP contribution is -2.23. The van der Waals surface area contributed by atoms with Crippen LogP contribution < -0.4 is 20.1 Å². The number of aliphatic hydroxyl groups excluding tert-OH is 1. The summed E-state index contributed by atoms with van der Waals surface area (Å²) in [4.78, 5) is 2.08. The third kappa shape index (κ3) is 1.86. The van der Waals surface area contributed by atoms with E-state index in [1.165, 1.54) is 0 Å². The molecule has 5 nitrogen and oxygen atoms in total. The van der Waals surface area contributed by atoms with Crippen LogP contribution in [0.1, 0.15) is 6.42 Å². The number of hydrogen-bond donors (Lipinski definition) is 2. The molecule has 0 radical (unpaired) electrons. The van der Waals surface area contributed by atoms with E-state index < -0.39 is 0 Å². The van der Waals surface area contributed by atoms with Gasteiger partial charge in [0.15, 0.2) is 11.5 Å². The molecule has 2 heterocycles. The van der Waals surface area contributed by atoms with Crippen LogP contribution in [-0.4, -0.2) is 37.5 Å². The van der Waals surface area contributed by atoms with Crippen LogP contribution in [0.4, 0.5) is 11.4 Å². The minimum Gasteiger partial charge on any atom is -0.486 e. The molecular weight excluding hydrogens is 220 g/mol. The summed E-state index contributed by atoms with van der Waals surface area (Å²) in [6.07, 6.45) is 0.524. The molecule has 1 unspecified atom stereocenters. The minimum atomic E-state index is -0.261.